The Morgan fingerprint density at radius 1 is 1.37 bits per heavy atom. The molecule has 0 bridgehead atoms. The number of nitrogens with zero attached hydrogens (tertiary/aromatic N) is 1. The van der Waals surface area contributed by atoms with Gasteiger partial charge in [-0.15, -0.1) is 0 Å². The molecule has 0 aliphatic heterocycles. The van der Waals surface area contributed by atoms with Crippen LogP contribution in [0.15, 0.2) is 50.9 Å². The quantitative estimate of drug-likeness (QED) is 0.840. The molecular formula is C14H14BrClN2S. The van der Waals surface area contributed by atoms with E-state index in [0.717, 1.165) is 14.4 Å². The third kappa shape index (κ3) is 3.72. The van der Waals surface area contributed by atoms with E-state index in [2.05, 4.69) is 51.4 Å². The van der Waals surface area contributed by atoms with Crippen molar-refractivity contribution in [1.82, 2.24) is 10.3 Å². The van der Waals surface area contributed by atoms with Crippen LogP contribution in [-0.4, -0.2) is 12.0 Å². The summed E-state index contributed by atoms with van der Waals surface area (Å²) in [5.41, 5.74) is 1.24. The van der Waals surface area contributed by atoms with Crippen molar-refractivity contribution in [3.8, 4) is 0 Å². The Balaban J connectivity index is 2.24. The Morgan fingerprint density at radius 3 is 2.79 bits per heavy atom. The Labute approximate surface area is 131 Å². The summed E-state index contributed by atoms with van der Waals surface area (Å²) in [5.74, 6) is 0. The SMILES string of the molecule is CNC(C)c1ccc(Sc2ncccc2Cl)cc1Br. The van der Waals surface area contributed by atoms with E-state index >= 15 is 0 Å². The van der Waals surface area contributed by atoms with Crippen LogP contribution in [0, 0.1) is 0 Å². The lowest BCUT2D eigenvalue weighted by atomic mass is 10.1. The Morgan fingerprint density at radius 2 is 2.16 bits per heavy atom. The standard InChI is InChI=1S/C14H14BrClN2S/c1-9(17-2)11-6-5-10(8-12(11)15)19-14-13(16)4-3-7-18-14/h3-9,17H,1-2H3. The van der Waals surface area contributed by atoms with Gasteiger partial charge in [-0.2, -0.15) is 0 Å². The molecule has 0 spiro atoms. The van der Waals surface area contributed by atoms with Crippen LogP contribution >= 0.6 is 39.3 Å². The molecule has 19 heavy (non-hydrogen) atoms. The first kappa shape index (κ1) is 14.9. The molecule has 0 fully saturated rings. The van der Waals surface area contributed by atoms with Gasteiger partial charge in [0.1, 0.15) is 5.03 Å². The molecule has 1 atom stereocenters. The van der Waals surface area contributed by atoms with Crippen LogP contribution in [0.2, 0.25) is 5.02 Å². The maximum atomic E-state index is 6.11. The van der Waals surface area contributed by atoms with Gasteiger partial charge in [0.15, 0.2) is 0 Å². The van der Waals surface area contributed by atoms with Gasteiger partial charge in [-0.25, -0.2) is 4.98 Å². The molecule has 2 nitrogen and oxygen atoms in total. The van der Waals surface area contributed by atoms with E-state index in [0.29, 0.717) is 11.1 Å². The highest BCUT2D eigenvalue weighted by Gasteiger charge is 2.09. The monoisotopic (exact) mass is 356 g/mol. The normalized spacial score (nSPS) is 12.4. The second-order valence-corrected chi connectivity index (χ2v) is 6.41. The molecule has 1 aromatic carbocycles. The highest BCUT2D eigenvalue weighted by molar-refractivity contribution is 9.10. The molecule has 0 amide bonds. The molecule has 0 radical (unpaired) electrons. The molecule has 2 aromatic rings. The number of hydrogen-bond donors (Lipinski definition) is 1. The highest BCUT2D eigenvalue weighted by atomic mass is 79.9. The van der Waals surface area contributed by atoms with Crippen molar-refractivity contribution >= 4 is 39.3 Å². The highest BCUT2D eigenvalue weighted by Crippen LogP contribution is 2.34. The van der Waals surface area contributed by atoms with Crippen molar-refractivity contribution in [1.29, 1.82) is 0 Å². The fourth-order valence-corrected chi connectivity index (χ4v) is 3.56. The average Bonchev–Trinajstić information content (AvgIpc) is 2.41. The van der Waals surface area contributed by atoms with Crippen LogP contribution in [-0.2, 0) is 0 Å². The molecule has 1 aromatic heterocycles. The van der Waals surface area contributed by atoms with Crippen LogP contribution in [0.4, 0.5) is 0 Å². The Kier molecular flexibility index (Phi) is 5.28. The minimum atomic E-state index is 0.312. The number of rotatable bonds is 4. The lowest BCUT2D eigenvalue weighted by molar-refractivity contribution is 0.649. The van der Waals surface area contributed by atoms with Gasteiger partial charge in [-0.05, 0) is 43.8 Å². The molecule has 0 aliphatic rings. The first-order valence-corrected chi connectivity index (χ1v) is 7.85. The fourth-order valence-electron chi connectivity index (χ4n) is 1.64. The molecule has 0 aliphatic carbocycles. The van der Waals surface area contributed by atoms with E-state index in [1.54, 1.807) is 18.0 Å². The van der Waals surface area contributed by atoms with Gasteiger partial charge in [0.25, 0.3) is 0 Å². The number of halogens is 2. The molecule has 0 saturated carbocycles. The smallest absolute Gasteiger partial charge is 0.119 e. The van der Waals surface area contributed by atoms with Crippen molar-refractivity contribution in [2.75, 3.05) is 7.05 Å². The van der Waals surface area contributed by atoms with E-state index in [4.69, 9.17) is 11.6 Å². The molecule has 1 N–H and O–H groups in total. The van der Waals surface area contributed by atoms with Crippen LogP contribution in [0.1, 0.15) is 18.5 Å². The van der Waals surface area contributed by atoms with E-state index in [-0.39, 0.29) is 0 Å². The van der Waals surface area contributed by atoms with Gasteiger partial charge in [-0.3, -0.25) is 0 Å². The van der Waals surface area contributed by atoms with Crippen LogP contribution in [0.25, 0.3) is 0 Å². The minimum absolute atomic E-state index is 0.312. The summed E-state index contributed by atoms with van der Waals surface area (Å²) in [7, 11) is 1.95. The Hall–Kier alpha value is -0.550. The van der Waals surface area contributed by atoms with Crippen molar-refractivity contribution < 1.29 is 0 Å². The predicted molar refractivity (Wildman–Crippen MR) is 85.0 cm³/mol. The zero-order valence-corrected chi connectivity index (χ0v) is 13.8. The maximum absolute atomic E-state index is 6.11. The zero-order valence-electron chi connectivity index (χ0n) is 10.7. The summed E-state index contributed by atoms with van der Waals surface area (Å²) in [4.78, 5) is 5.39. The average molecular weight is 358 g/mol. The number of benzene rings is 1. The lowest BCUT2D eigenvalue weighted by Gasteiger charge is -2.13. The minimum Gasteiger partial charge on any atom is -0.313 e. The molecule has 1 heterocycles. The third-order valence-corrected chi connectivity index (χ3v) is 4.92. The maximum Gasteiger partial charge on any atom is 0.119 e. The number of pyridine rings is 1. The van der Waals surface area contributed by atoms with E-state index < -0.39 is 0 Å². The topological polar surface area (TPSA) is 24.9 Å². The molecule has 5 heteroatoms. The van der Waals surface area contributed by atoms with Crippen molar-refractivity contribution in [3.05, 3.63) is 51.6 Å². The Bertz CT molecular complexity index is 577. The van der Waals surface area contributed by atoms with Crippen LogP contribution in [0.5, 0.6) is 0 Å². The fraction of sp³-hybridized carbons (Fsp3) is 0.214. The van der Waals surface area contributed by atoms with Crippen molar-refractivity contribution in [2.45, 2.75) is 22.9 Å². The van der Waals surface area contributed by atoms with Crippen molar-refractivity contribution in [3.63, 3.8) is 0 Å². The van der Waals surface area contributed by atoms with Crippen LogP contribution < -0.4 is 5.32 Å². The van der Waals surface area contributed by atoms with Gasteiger partial charge in [-0.1, -0.05) is 45.4 Å². The van der Waals surface area contributed by atoms with Gasteiger partial charge in [0.05, 0.1) is 5.02 Å². The second kappa shape index (κ2) is 6.75. The molecule has 1 unspecified atom stereocenters. The summed E-state index contributed by atoms with van der Waals surface area (Å²) >= 11 is 11.3. The largest absolute Gasteiger partial charge is 0.313 e. The van der Waals surface area contributed by atoms with E-state index in [9.17, 15) is 0 Å². The number of aromatic nitrogens is 1. The third-order valence-electron chi connectivity index (χ3n) is 2.81. The summed E-state index contributed by atoms with van der Waals surface area (Å²) in [6, 6.07) is 10.3. The number of hydrogen-bond acceptors (Lipinski definition) is 3. The van der Waals surface area contributed by atoms with Crippen molar-refractivity contribution in [2.24, 2.45) is 0 Å². The molecule has 100 valence electrons. The summed E-state index contributed by atoms with van der Waals surface area (Å²) in [6.45, 7) is 2.13. The van der Waals surface area contributed by atoms with Gasteiger partial charge < -0.3 is 5.32 Å². The molecule has 2 rings (SSSR count). The molecular weight excluding hydrogens is 344 g/mol. The molecule has 0 saturated heterocycles. The zero-order chi connectivity index (χ0) is 13.8. The summed E-state index contributed by atoms with van der Waals surface area (Å²) in [6.07, 6.45) is 1.75. The van der Waals surface area contributed by atoms with E-state index in [1.165, 1.54) is 5.56 Å². The predicted octanol–water partition coefficient (Wildman–Crippen LogP) is 4.93. The first-order valence-electron chi connectivity index (χ1n) is 5.87. The summed E-state index contributed by atoms with van der Waals surface area (Å²) in [5, 5.41) is 4.73. The van der Waals surface area contributed by atoms with Gasteiger partial charge >= 0.3 is 0 Å². The summed E-state index contributed by atoms with van der Waals surface area (Å²) < 4.78 is 1.09. The first-order chi connectivity index (χ1) is 9.11. The van der Waals surface area contributed by atoms with Crippen LogP contribution in [0.3, 0.4) is 0 Å². The lowest BCUT2D eigenvalue weighted by Crippen LogP contribution is -2.12. The number of nitrogens with one attached hydrogen (secondary N) is 1. The van der Waals surface area contributed by atoms with Gasteiger partial charge in [0, 0.05) is 21.6 Å². The second-order valence-electron chi connectivity index (χ2n) is 4.09. The van der Waals surface area contributed by atoms with Gasteiger partial charge in [0.2, 0.25) is 0 Å². The van der Waals surface area contributed by atoms with E-state index in [1.807, 2.05) is 19.2 Å².